The summed E-state index contributed by atoms with van der Waals surface area (Å²) in [5, 5.41) is 0. The molecule has 0 saturated carbocycles. The largest absolute Gasteiger partial charge is 0.445 e. The molecule has 1 saturated heterocycles. The van der Waals surface area contributed by atoms with E-state index in [1.54, 1.807) is 22.2 Å². The van der Waals surface area contributed by atoms with E-state index in [1.807, 2.05) is 30.3 Å². The van der Waals surface area contributed by atoms with Crippen LogP contribution in [-0.2, 0) is 11.3 Å². The summed E-state index contributed by atoms with van der Waals surface area (Å²) in [4.78, 5) is 31.4. The molecule has 0 radical (unpaired) electrons. The minimum absolute atomic E-state index is 0.125. The van der Waals surface area contributed by atoms with Gasteiger partial charge in [-0.15, -0.1) is 0 Å². The molecular weight excluding hydrogens is 296 g/mol. The standard InChI is InChI=1S/C16H18N4O3/c21-15(20-7-6-17-13-20)18-8-10-19(11-9-18)16(22)23-12-14-4-2-1-3-5-14/h1-7,13H,8-12H2. The number of piperazine rings is 1. The van der Waals surface area contributed by atoms with Gasteiger partial charge >= 0.3 is 12.1 Å². The van der Waals surface area contributed by atoms with E-state index in [4.69, 9.17) is 4.74 Å². The number of carbonyl (C=O) groups excluding carboxylic acids is 2. The zero-order valence-corrected chi connectivity index (χ0v) is 12.7. The van der Waals surface area contributed by atoms with Gasteiger partial charge in [0.2, 0.25) is 0 Å². The lowest BCUT2D eigenvalue weighted by atomic mass is 10.2. The van der Waals surface area contributed by atoms with Crippen molar-refractivity contribution in [1.29, 1.82) is 0 Å². The summed E-state index contributed by atoms with van der Waals surface area (Å²) in [5.41, 5.74) is 0.953. The number of aromatic nitrogens is 2. The highest BCUT2D eigenvalue weighted by Crippen LogP contribution is 2.08. The Morgan fingerprint density at radius 2 is 1.74 bits per heavy atom. The molecule has 2 heterocycles. The highest BCUT2D eigenvalue weighted by Gasteiger charge is 2.25. The molecule has 0 bridgehead atoms. The van der Waals surface area contributed by atoms with Crippen molar-refractivity contribution in [2.45, 2.75) is 6.61 Å². The van der Waals surface area contributed by atoms with Gasteiger partial charge in [-0.3, -0.25) is 4.57 Å². The van der Waals surface area contributed by atoms with Gasteiger partial charge < -0.3 is 14.5 Å². The van der Waals surface area contributed by atoms with Crippen LogP contribution >= 0.6 is 0 Å². The highest BCUT2D eigenvalue weighted by atomic mass is 16.6. The summed E-state index contributed by atoms with van der Waals surface area (Å²) >= 11 is 0. The number of carbonyl (C=O) groups is 2. The maximum absolute atomic E-state index is 12.2. The Bertz CT molecular complexity index is 649. The SMILES string of the molecule is O=C(OCc1ccccc1)N1CCN(C(=O)n2ccnc2)CC1. The lowest BCUT2D eigenvalue weighted by Gasteiger charge is -2.33. The minimum Gasteiger partial charge on any atom is -0.445 e. The molecular formula is C16H18N4O3. The quantitative estimate of drug-likeness (QED) is 0.848. The molecule has 7 heteroatoms. The van der Waals surface area contributed by atoms with E-state index in [0.717, 1.165) is 5.56 Å². The van der Waals surface area contributed by atoms with Crippen molar-refractivity contribution in [1.82, 2.24) is 19.4 Å². The third kappa shape index (κ3) is 3.68. The van der Waals surface area contributed by atoms with E-state index in [1.165, 1.54) is 10.9 Å². The number of benzene rings is 1. The van der Waals surface area contributed by atoms with Crippen LogP contribution in [0.1, 0.15) is 5.56 Å². The fraction of sp³-hybridized carbons (Fsp3) is 0.312. The van der Waals surface area contributed by atoms with Gasteiger partial charge in [0.15, 0.2) is 0 Å². The third-order valence-electron chi connectivity index (χ3n) is 3.74. The molecule has 1 aromatic heterocycles. The summed E-state index contributed by atoms with van der Waals surface area (Å²) in [6, 6.07) is 9.43. The van der Waals surface area contributed by atoms with Crippen LogP contribution in [0.5, 0.6) is 0 Å². The highest BCUT2D eigenvalue weighted by molar-refractivity contribution is 5.77. The van der Waals surface area contributed by atoms with Gasteiger partial charge in [0, 0.05) is 38.6 Å². The Morgan fingerprint density at radius 1 is 1.04 bits per heavy atom. The lowest BCUT2D eigenvalue weighted by Crippen LogP contribution is -2.51. The van der Waals surface area contributed by atoms with Crippen LogP contribution in [0.3, 0.4) is 0 Å². The number of rotatable bonds is 2. The van der Waals surface area contributed by atoms with Crippen LogP contribution in [0.2, 0.25) is 0 Å². The summed E-state index contributed by atoms with van der Waals surface area (Å²) < 4.78 is 6.74. The predicted molar refractivity (Wildman–Crippen MR) is 82.8 cm³/mol. The van der Waals surface area contributed by atoms with Gasteiger partial charge in [-0.25, -0.2) is 14.6 Å². The Kier molecular flexibility index (Phi) is 4.56. The van der Waals surface area contributed by atoms with Crippen LogP contribution in [-0.4, -0.2) is 57.7 Å². The molecule has 1 fully saturated rings. The maximum Gasteiger partial charge on any atom is 0.410 e. The van der Waals surface area contributed by atoms with Crippen molar-refractivity contribution < 1.29 is 14.3 Å². The average molecular weight is 314 g/mol. The average Bonchev–Trinajstić information content (AvgIpc) is 3.15. The molecule has 1 aliphatic heterocycles. The summed E-state index contributed by atoms with van der Waals surface area (Å²) in [6.45, 7) is 2.16. The van der Waals surface area contributed by atoms with Gasteiger partial charge in [0.05, 0.1) is 0 Å². The van der Waals surface area contributed by atoms with Crippen LogP contribution < -0.4 is 0 Å². The van der Waals surface area contributed by atoms with E-state index < -0.39 is 0 Å². The molecule has 2 amide bonds. The molecule has 3 rings (SSSR count). The van der Waals surface area contributed by atoms with Gasteiger partial charge in [-0.05, 0) is 5.56 Å². The van der Waals surface area contributed by atoms with Gasteiger partial charge in [0.1, 0.15) is 12.9 Å². The molecule has 0 unspecified atom stereocenters. The number of imidazole rings is 1. The van der Waals surface area contributed by atoms with Crippen molar-refractivity contribution in [2.75, 3.05) is 26.2 Å². The number of hydrogen-bond donors (Lipinski definition) is 0. The first-order chi connectivity index (χ1) is 11.2. The third-order valence-corrected chi connectivity index (χ3v) is 3.74. The maximum atomic E-state index is 12.2. The van der Waals surface area contributed by atoms with Crippen LogP contribution in [0.4, 0.5) is 9.59 Å². The second-order valence-electron chi connectivity index (χ2n) is 5.27. The fourth-order valence-corrected chi connectivity index (χ4v) is 2.43. The molecule has 2 aromatic rings. The van der Waals surface area contributed by atoms with E-state index in [-0.39, 0.29) is 18.7 Å². The molecule has 1 aromatic carbocycles. The van der Waals surface area contributed by atoms with E-state index >= 15 is 0 Å². The van der Waals surface area contributed by atoms with Crippen molar-refractivity contribution in [3.63, 3.8) is 0 Å². The van der Waals surface area contributed by atoms with Crippen LogP contribution in [0.25, 0.3) is 0 Å². The first-order valence-electron chi connectivity index (χ1n) is 7.47. The predicted octanol–water partition coefficient (Wildman–Crippen LogP) is 1.81. The molecule has 23 heavy (non-hydrogen) atoms. The Hall–Kier alpha value is -2.83. The second-order valence-corrected chi connectivity index (χ2v) is 5.27. The van der Waals surface area contributed by atoms with E-state index in [2.05, 4.69) is 4.98 Å². The van der Waals surface area contributed by atoms with Gasteiger partial charge in [-0.2, -0.15) is 0 Å². The smallest absolute Gasteiger partial charge is 0.410 e. The normalized spacial score (nSPS) is 14.6. The summed E-state index contributed by atoms with van der Waals surface area (Å²) in [5.74, 6) is 0. The van der Waals surface area contributed by atoms with Crippen LogP contribution in [0.15, 0.2) is 49.1 Å². The Morgan fingerprint density at radius 3 is 2.39 bits per heavy atom. The second kappa shape index (κ2) is 6.95. The molecule has 0 aliphatic carbocycles. The Balaban J connectivity index is 1.47. The molecule has 1 aliphatic rings. The fourth-order valence-electron chi connectivity index (χ4n) is 2.43. The van der Waals surface area contributed by atoms with Crippen LogP contribution in [0, 0.1) is 0 Å². The minimum atomic E-state index is -0.344. The number of hydrogen-bond acceptors (Lipinski definition) is 4. The summed E-state index contributed by atoms with van der Waals surface area (Å²) in [6.07, 6.45) is 4.31. The molecule has 120 valence electrons. The van der Waals surface area contributed by atoms with Crippen molar-refractivity contribution >= 4 is 12.1 Å². The Labute approximate surface area is 134 Å². The first kappa shape index (κ1) is 15.1. The summed E-state index contributed by atoms with van der Waals surface area (Å²) in [7, 11) is 0. The lowest BCUT2D eigenvalue weighted by molar-refractivity contribution is 0.0770. The van der Waals surface area contributed by atoms with Crippen molar-refractivity contribution in [2.24, 2.45) is 0 Å². The topological polar surface area (TPSA) is 67.7 Å². The van der Waals surface area contributed by atoms with Gasteiger partial charge in [-0.1, -0.05) is 30.3 Å². The molecule has 0 spiro atoms. The number of nitrogens with zero attached hydrogens (tertiary/aromatic N) is 4. The molecule has 7 nitrogen and oxygen atoms in total. The number of ether oxygens (including phenoxy) is 1. The zero-order valence-electron chi connectivity index (χ0n) is 12.7. The van der Waals surface area contributed by atoms with E-state index in [9.17, 15) is 9.59 Å². The van der Waals surface area contributed by atoms with E-state index in [0.29, 0.717) is 26.2 Å². The van der Waals surface area contributed by atoms with Crippen molar-refractivity contribution in [3.8, 4) is 0 Å². The monoisotopic (exact) mass is 314 g/mol. The zero-order chi connectivity index (χ0) is 16.1. The number of amides is 2. The molecule has 0 N–H and O–H groups in total. The molecule has 0 atom stereocenters. The van der Waals surface area contributed by atoms with Crippen molar-refractivity contribution in [3.05, 3.63) is 54.6 Å². The van der Waals surface area contributed by atoms with Gasteiger partial charge in [0.25, 0.3) is 0 Å². The first-order valence-corrected chi connectivity index (χ1v) is 7.47.